The van der Waals surface area contributed by atoms with Crippen LogP contribution in [-0.2, 0) is 11.4 Å². The molecule has 1 aliphatic rings. The molecule has 0 saturated carbocycles. The van der Waals surface area contributed by atoms with Gasteiger partial charge in [-0.2, -0.15) is 5.26 Å². The summed E-state index contributed by atoms with van der Waals surface area (Å²) in [4.78, 5) is 12.4. The maximum atomic E-state index is 12.4. The van der Waals surface area contributed by atoms with E-state index < -0.39 is 11.9 Å². The standard InChI is InChI=1S/C32H25ClN2O5/c1-20-5-11-24(12-6-20)38-19-30(36)39-26-13-14-27-29(16-26)40-32(35)28(17-34)31(27)22-3-2-4-25(15-22)37-18-21-7-9-23(33)10-8-21/h2-16,31H,18-19,35H2,1H3. The van der Waals surface area contributed by atoms with Gasteiger partial charge in [-0.25, -0.2) is 4.79 Å². The third-order valence-electron chi connectivity index (χ3n) is 6.31. The maximum Gasteiger partial charge on any atom is 0.349 e. The summed E-state index contributed by atoms with van der Waals surface area (Å²) in [6.07, 6.45) is 0. The molecule has 2 N–H and O–H groups in total. The lowest BCUT2D eigenvalue weighted by atomic mass is 9.83. The molecular weight excluding hydrogens is 528 g/mol. The van der Waals surface area contributed by atoms with Crippen molar-refractivity contribution >= 4 is 17.6 Å². The van der Waals surface area contributed by atoms with Crippen LogP contribution in [0.25, 0.3) is 0 Å². The summed E-state index contributed by atoms with van der Waals surface area (Å²) in [5.74, 6) is 0.777. The molecule has 1 aliphatic heterocycles. The Hall–Kier alpha value is -4.93. The summed E-state index contributed by atoms with van der Waals surface area (Å²) in [6, 6.07) is 29.4. The van der Waals surface area contributed by atoms with E-state index in [1.54, 1.807) is 30.3 Å². The van der Waals surface area contributed by atoms with Crippen LogP contribution in [0.15, 0.2) is 102 Å². The number of ether oxygens (including phenoxy) is 4. The lowest BCUT2D eigenvalue weighted by molar-refractivity contribution is -0.136. The summed E-state index contributed by atoms with van der Waals surface area (Å²) in [5, 5.41) is 10.6. The molecular formula is C32H25ClN2O5. The number of aryl methyl sites for hydroxylation is 1. The van der Waals surface area contributed by atoms with Crippen molar-refractivity contribution in [3.8, 4) is 29.1 Å². The fraction of sp³-hybridized carbons (Fsp3) is 0.125. The average molecular weight is 553 g/mol. The van der Waals surface area contributed by atoms with Crippen LogP contribution in [0.2, 0.25) is 5.02 Å². The monoisotopic (exact) mass is 552 g/mol. The molecule has 0 spiro atoms. The quantitative estimate of drug-likeness (QED) is 0.198. The normalized spacial score (nSPS) is 14.0. The third kappa shape index (κ3) is 6.20. The Labute approximate surface area is 236 Å². The van der Waals surface area contributed by atoms with Gasteiger partial charge in [0, 0.05) is 16.7 Å². The highest BCUT2D eigenvalue weighted by atomic mass is 35.5. The number of hydrogen-bond donors (Lipinski definition) is 1. The molecule has 0 fully saturated rings. The van der Waals surface area contributed by atoms with Crippen molar-refractivity contribution in [3.05, 3.63) is 130 Å². The molecule has 0 saturated heterocycles. The summed E-state index contributed by atoms with van der Waals surface area (Å²) >= 11 is 5.97. The van der Waals surface area contributed by atoms with Crippen LogP contribution in [0.5, 0.6) is 23.0 Å². The fourth-order valence-corrected chi connectivity index (χ4v) is 4.44. The molecule has 1 unspecified atom stereocenters. The molecule has 40 heavy (non-hydrogen) atoms. The van der Waals surface area contributed by atoms with Gasteiger partial charge >= 0.3 is 5.97 Å². The van der Waals surface area contributed by atoms with Crippen LogP contribution in [0.1, 0.15) is 28.2 Å². The van der Waals surface area contributed by atoms with Gasteiger partial charge in [-0.1, -0.05) is 59.6 Å². The fourth-order valence-electron chi connectivity index (χ4n) is 4.31. The number of benzene rings is 4. The Morgan fingerprint density at radius 2 is 1.70 bits per heavy atom. The molecule has 5 rings (SSSR count). The van der Waals surface area contributed by atoms with E-state index in [9.17, 15) is 10.1 Å². The highest BCUT2D eigenvalue weighted by molar-refractivity contribution is 6.30. The van der Waals surface area contributed by atoms with Crippen molar-refractivity contribution in [3.63, 3.8) is 0 Å². The minimum Gasteiger partial charge on any atom is -0.489 e. The van der Waals surface area contributed by atoms with E-state index in [-0.39, 0.29) is 23.8 Å². The summed E-state index contributed by atoms with van der Waals surface area (Å²) in [5.41, 5.74) is 10.00. The predicted octanol–water partition coefficient (Wildman–Crippen LogP) is 6.43. The smallest absolute Gasteiger partial charge is 0.349 e. The second kappa shape index (κ2) is 11.9. The van der Waals surface area contributed by atoms with E-state index in [0.717, 1.165) is 16.7 Å². The van der Waals surface area contributed by atoms with Crippen LogP contribution in [0.4, 0.5) is 0 Å². The third-order valence-corrected chi connectivity index (χ3v) is 6.56. The number of fused-ring (bicyclic) bond motifs is 1. The van der Waals surface area contributed by atoms with Gasteiger partial charge in [-0.15, -0.1) is 0 Å². The van der Waals surface area contributed by atoms with Crippen molar-refractivity contribution < 1.29 is 23.7 Å². The van der Waals surface area contributed by atoms with Gasteiger partial charge in [-0.3, -0.25) is 0 Å². The number of halogens is 1. The van der Waals surface area contributed by atoms with Crippen molar-refractivity contribution in [1.82, 2.24) is 0 Å². The number of hydrogen-bond acceptors (Lipinski definition) is 7. The zero-order valence-corrected chi connectivity index (χ0v) is 22.4. The lowest BCUT2D eigenvalue weighted by Gasteiger charge is -2.27. The second-order valence-electron chi connectivity index (χ2n) is 9.19. The summed E-state index contributed by atoms with van der Waals surface area (Å²) < 4.78 is 22.7. The van der Waals surface area contributed by atoms with Gasteiger partial charge in [0.15, 0.2) is 6.61 Å². The van der Waals surface area contributed by atoms with Gasteiger partial charge in [0.25, 0.3) is 0 Å². The molecule has 0 aromatic heterocycles. The molecule has 1 atom stereocenters. The number of allylic oxidation sites excluding steroid dienone is 1. The van der Waals surface area contributed by atoms with Crippen LogP contribution < -0.4 is 24.7 Å². The number of rotatable bonds is 8. The predicted molar refractivity (Wildman–Crippen MR) is 150 cm³/mol. The van der Waals surface area contributed by atoms with Crippen molar-refractivity contribution in [2.24, 2.45) is 5.73 Å². The summed E-state index contributed by atoms with van der Waals surface area (Å²) in [7, 11) is 0. The highest BCUT2D eigenvalue weighted by Crippen LogP contribution is 2.44. The van der Waals surface area contributed by atoms with E-state index in [0.29, 0.717) is 34.4 Å². The first-order valence-corrected chi connectivity index (χ1v) is 12.9. The number of esters is 1. The van der Waals surface area contributed by atoms with Gasteiger partial charge < -0.3 is 24.7 Å². The molecule has 8 heteroatoms. The molecule has 4 aromatic carbocycles. The molecule has 4 aromatic rings. The molecule has 0 aliphatic carbocycles. The minimum atomic E-state index is -0.570. The van der Waals surface area contributed by atoms with Gasteiger partial charge in [0.05, 0.1) is 5.92 Å². The van der Waals surface area contributed by atoms with Gasteiger partial charge in [0.2, 0.25) is 5.88 Å². The van der Waals surface area contributed by atoms with Gasteiger partial charge in [-0.05, 0) is 60.5 Å². The first kappa shape index (κ1) is 26.7. The van der Waals surface area contributed by atoms with E-state index in [1.165, 1.54) is 0 Å². The topological polar surface area (TPSA) is 104 Å². The Morgan fingerprint density at radius 1 is 0.950 bits per heavy atom. The van der Waals surface area contributed by atoms with Crippen molar-refractivity contribution in [2.45, 2.75) is 19.4 Å². The highest BCUT2D eigenvalue weighted by Gasteiger charge is 2.31. The zero-order valence-electron chi connectivity index (χ0n) is 21.6. The Bertz CT molecular complexity index is 1610. The first-order chi connectivity index (χ1) is 19.4. The SMILES string of the molecule is Cc1ccc(OCC(=O)Oc2ccc3c(c2)OC(N)=C(C#N)C3c2cccc(OCc3ccc(Cl)cc3)c2)cc1. The molecule has 0 amide bonds. The Kier molecular flexibility index (Phi) is 7.90. The lowest BCUT2D eigenvalue weighted by Crippen LogP contribution is -2.21. The number of nitriles is 1. The van der Waals surface area contributed by atoms with Crippen molar-refractivity contribution in [2.75, 3.05) is 6.61 Å². The van der Waals surface area contributed by atoms with E-state index in [2.05, 4.69) is 6.07 Å². The maximum absolute atomic E-state index is 12.4. The Balaban J connectivity index is 1.33. The van der Waals surface area contributed by atoms with Crippen molar-refractivity contribution in [1.29, 1.82) is 5.26 Å². The molecule has 0 bridgehead atoms. The van der Waals surface area contributed by atoms with Crippen LogP contribution >= 0.6 is 11.6 Å². The second-order valence-corrected chi connectivity index (χ2v) is 9.62. The summed E-state index contributed by atoms with van der Waals surface area (Å²) in [6.45, 7) is 2.07. The number of carbonyl (C=O) groups excluding carboxylic acids is 1. The van der Waals surface area contributed by atoms with Crippen LogP contribution in [0.3, 0.4) is 0 Å². The molecule has 200 valence electrons. The van der Waals surface area contributed by atoms with Crippen LogP contribution in [-0.4, -0.2) is 12.6 Å². The largest absolute Gasteiger partial charge is 0.489 e. The van der Waals surface area contributed by atoms with Crippen LogP contribution in [0, 0.1) is 18.3 Å². The van der Waals surface area contributed by atoms with E-state index >= 15 is 0 Å². The molecule has 0 radical (unpaired) electrons. The first-order valence-electron chi connectivity index (χ1n) is 12.5. The molecule has 7 nitrogen and oxygen atoms in total. The number of nitrogens with two attached hydrogens (primary N) is 1. The Morgan fingerprint density at radius 3 is 2.45 bits per heavy atom. The molecule has 1 heterocycles. The zero-order chi connectivity index (χ0) is 28.1. The average Bonchev–Trinajstić information content (AvgIpc) is 2.96. The van der Waals surface area contributed by atoms with E-state index in [4.69, 9.17) is 36.3 Å². The number of nitrogens with zero attached hydrogens (tertiary/aromatic N) is 1. The van der Waals surface area contributed by atoms with E-state index in [1.807, 2.05) is 67.6 Å². The minimum absolute atomic E-state index is 0.0151. The number of carbonyl (C=O) groups is 1. The van der Waals surface area contributed by atoms with Gasteiger partial charge in [0.1, 0.15) is 41.2 Å².